The maximum Gasteiger partial charge on any atom is 0.346 e. The summed E-state index contributed by atoms with van der Waals surface area (Å²) in [6, 6.07) is 14.5. The van der Waals surface area contributed by atoms with Crippen molar-refractivity contribution in [3.63, 3.8) is 0 Å². The zero-order chi connectivity index (χ0) is 23.4. The molecule has 8 nitrogen and oxygen atoms in total. The van der Waals surface area contributed by atoms with Gasteiger partial charge in [0.05, 0.1) is 17.7 Å². The van der Waals surface area contributed by atoms with Gasteiger partial charge in [-0.15, -0.1) is 10.2 Å². The lowest BCUT2D eigenvalue weighted by Crippen LogP contribution is -2.21. The van der Waals surface area contributed by atoms with Gasteiger partial charge in [0.1, 0.15) is 5.58 Å². The molecule has 0 atom stereocenters. The normalized spacial score (nSPS) is 10.9. The largest absolute Gasteiger partial charge is 0.462 e. The van der Waals surface area contributed by atoms with Gasteiger partial charge in [-0.05, 0) is 63.2 Å². The van der Waals surface area contributed by atoms with Crippen molar-refractivity contribution < 1.29 is 13.9 Å². The van der Waals surface area contributed by atoms with Gasteiger partial charge in [0.25, 0.3) is 0 Å². The van der Waals surface area contributed by atoms with E-state index in [0.29, 0.717) is 33.5 Å². The van der Waals surface area contributed by atoms with Crippen LogP contribution in [0.4, 0.5) is 16.5 Å². The Morgan fingerprint density at radius 2 is 1.82 bits per heavy atom. The average molecular weight is 465 g/mol. The highest BCUT2D eigenvalue weighted by Crippen LogP contribution is 2.29. The van der Waals surface area contributed by atoms with E-state index in [2.05, 4.69) is 34.3 Å². The first-order valence-corrected chi connectivity index (χ1v) is 11.5. The van der Waals surface area contributed by atoms with E-state index in [1.54, 1.807) is 37.3 Å². The summed E-state index contributed by atoms with van der Waals surface area (Å²) >= 11 is 1.24. The number of rotatable bonds is 8. The van der Waals surface area contributed by atoms with E-state index in [1.807, 2.05) is 18.2 Å². The summed E-state index contributed by atoms with van der Waals surface area (Å²) in [5, 5.41) is 13.2. The third-order valence-corrected chi connectivity index (χ3v) is 6.02. The van der Waals surface area contributed by atoms with Crippen molar-refractivity contribution in [2.45, 2.75) is 20.8 Å². The molecule has 0 saturated heterocycles. The van der Waals surface area contributed by atoms with E-state index in [9.17, 15) is 9.59 Å². The van der Waals surface area contributed by atoms with Gasteiger partial charge in [0.2, 0.25) is 5.13 Å². The Bertz CT molecular complexity index is 1330. The summed E-state index contributed by atoms with van der Waals surface area (Å²) in [6.45, 7) is 8.01. The zero-order valence-electron chi connectivity index (χ0n) is 18.6. The number of aromatic nitrogens is 2. The van der Waals surface area contributed by atoms with Gasteiger partial charge >= 0.3 is 11.6 Å². The molecule has 0 radical (unpaired) electrons. The molecule has 0 spiro atoms. The summed E-state index contributed by atoms with van der Waals surface area (Å²) in [6.07, 6.45) is 0. The highest BCUT2D eigenvalue weighted by atomic mass is 32.1. The quantitative estimate of drug-likeness (QED) is 0.285. The first-order chi connectivity index (χ1) is 16.0. The fraction of sp³-hybridized carbons (Fsp3) is 0.250. The van der Waals surface area contributed by atoms with E-state index in [0.717, 1.165) is 29.9 Å². The van der Waals surface area contributed by atoms with Gasteiger partial charge in [-0.25, -0.2) is 9.59 Å². The standard InChI is InChI=1S/C24H24N4O4S/c1-4-28(5-2)18-12-9-16-13-19(23(30)32-20(16)14-18)21-26-27-24(33-21)25-17-10-7-15(8-11-17)22(29)31-6-3/h7-14H,4-6H2,1-3H3,(H,25,27). The number of carbonyl (C=O) groups is 1. The van der Waals surface area contributed by atoms with Gasteiger partial charge in [0.15, 0.2) is 5.01 Å². The van der Waals surface area contributed by atoms with Crippen LogP contribution >= 0.6 is 11.3 Å². The molecule has 4 rings (SSSR count). The number of nitrogens with one attached hydrogen (secondary N) is 1. The number of ether oxygens (including phenoxy) is 1. The Morgan fingerprint density at radius 3 is 2.52 bits per heavy atom. The fourth-order valence-corrected chi connectivity index (χ4v) is 4.21. The lowest BCUT2D eigenvalue weighted by Gasteiger charge is -2.20. The molecule has 2 aromatic carbocycles. The van der Waals surface area contributed by atoms with E-state index < -0.39 is 5.63 Å². The molecular formula is C24H24N4O4S. The van der Waals surface area contributed by atoms with Crippen LogP contribution in [0.3, 0.4) is 0 Å². The number of carbonyl (C=O) groups excluding carboxylic acids is 1. The summed E-state index contributed by atoms with van der Waals surface area (Å²) in [4.78, 5) is 26.6. The van der Waals surface area contributed by atoms with Crippen molar-refractivity contribution in [1.29, 1.82) is 0 Å². The molecule has 170 valence electrons. The third-order valence-electron chi connectivity index (χ3n) is 5.15. The van der Waals surface area contributed by atoms with Crippen molar-refractivity contribution in [1.82, 2.24) is 10.2 Å². The van der Waals surface area contributed by atoms with Crippen molar-refractivity contribution in [3.8, 4) is 10.6 Å². The number of fused-ring (bicyclic) bond motifs is 1. The first kappa shape index (κ1) is 22.5. The maximum absolute atomic E-state index is 12.7. The summed E-state index contributed by atoms with van der Waals surface area (Å²) in [5.74, 6) is -0.366. The second-order valence-corrected chi connectivity index (χ2v) is 8.15. The predicted octanol–water partition coefficient (Wildman–Crippen LogP) is 5.08. The van der Waals surface area contributed by atoms with Crippen LogP contribution in [0.2, 0.25) is 0 Å². The van der Waals surface area contributed by atoms with Crippen molar-refractivity contribution in [3.05, 3.63) is 64.5 Å². The molecule has 4 aromatic rings. The topological polar surface area (TPSA) is 97.6 Å². The molecule has 33 heavy (non-hydrogen) atoms. The summed E-state index contributed by atoms with van der Waals surface area (Å²) in [5.41, 5.74) is 2.66. The molecule has 0 saturated carbocycles. The molecule has 2 heterocycles. The van der Waals surface area contributed by atoms with Crippen LogP contribution in [0.1, 0.15) is 31.1 Å². The second kappa shape index (κ2) is 9.83. The Hall–Kier alpha value is -3.72. The molecule has 0 aliphatic carbocycles. The predicted molar refractivity (Wildman–Crippen MR) is 131 cm³/mol. The molecule has 2 aromatic heterocycles. The first-order valence-electron chi connectivity index (χ1n) is 10.7. The fourth-order valence-electron chi connectivity index (χ4n) is 3.44. The van der Waals surface area contributed by atoms with Crippen LogP contribution in [-0.2, 0) is 4.74 Å². The zero-order valence-corrected chi connectivity index (χ0v) is 19.4. The number of hydrogen-bond acceptors (Lipinski definition) is 9. The number of hydrogen-bond donors (Lipinski definition) is 1. The highest BCUT2D eigenvalue weighted by molar-refractivity contribution is 7.18. The van der Waals surface area contributed by atoms with Crippen molar-refractivity contribution in [2.75, 3.05) is 29.9 Å². The average Bonchev–Trinajstić information content (AvgIpc) is 3.28. The lowest BCUT2D eigenvalue weighted by atomic mass is 10.1. The molecule has 0 bridgehead atoms. The van der Waals surface area contributed by atoms with Gasteiger partial charge in [0, 0.05) is 35.9 Å². The minimum atomic E-state index is -0.458. The lowest BCUT2D eigenvalue weighted by molar-refractivity contribution is 0.0526. The second-order valence-electron chi connectivity index (χ2n) is 7.18. The number of anilines is 3. The Kier molecular flexibility index (Phi) is 6.69. The number of esters is 1. The van der Waals surface area contributed by atoms with Crippen molar-refractivity contribution in [2.24, 2.45) is 0 Å². The Balaban J connectivity index is 1.56. The van der Waals surface area contributed by atoms with Crippen molar-refractivity contribution >= 4 is 44.8 Å². The van der Waals surface area contributed by atoms with Crippen LogP contribution in [0.25, 0.3) is 21.5 Å². The Morgan fingerprint density at radius 1 is 1.06 bits per heavy atom. The molecule has 0 aliphatic rings. The maximum atomic E-state index is 12.7. The van der Waals surface area contributed by atoms with Gasteiger partial charge in [-0.2, -0.15) is 0 Å². The monoisotopic (exact) mass is 464 g/mol. The minimum absolute atomic E-state index is 0.326. The van der Waals surface area contributed by atoms with E-state index in [-0.39, 0.29) is 5.97 Å². The van der Waals surface area contributed by atoms with E-state index in [4.69, 9.17) is 9.15 Å². The van der Waals surface area contributed by atoms with E-state index in [1.165, 1.54) is 11.3 Å². The van der Waals surface area contributed by atoms with Gasteiger partial charge in [-0.3, -0.25) is 0 Å². The van der Waals surface area contributed by atoms with Gasteiger partial charge < -0.3 is 19.4 Å². The molecule has 0 unspecified atom stereocenters. The molecule has 1 N–H and O–H groups in total. The molecule has 0 amide bonds. The molecular weight excluding hydrogens is 440 g/mol. The molecule has 0 fully saturated rings. The highest BCUT2D eigenvalue weighted by Gasteiger charge is 2.15. The van der Waals surface area contributed by atoms with E-state index >= 15 is 0 Å². The summed E-state index contributed by atoms with van der Waals surface area (Å²) in [7, 11) is 0. The van der Waals surface area contributed by atoms with Crippen LogP contribution < -0.4 is 15.8 Å². The summed E-state index contributed by atoms with van der Waals surface area (Å²) < 4.78 is 10.6. The Labute approximate surface area is 194 Å². The van der Waals surface area contributed by atoms with Crippen LogP contribution in [0, 0.1) is 0 Å². The molecule has 9 heteroatoms. The number of nitrogens with zero attached hydrogens (tertiary/aromatic N) is 3. The van der Waals surface area contributed by atoms with Crippen LogP contribution in [0.5, 0.6) is 0 Å². The van der Waals surface area contributed by atoms with Gasteiger partial charge in [-0.1, -0.05) is 11.3 Å². The minimum Gasteiger partial charge on any atom is -0.462 e. The number of benzene rings is 2. The molecule has 0 aliphatic heterocycles. The smallest absolute Gasteiger partial charge is 0.346 e. The van der Waals surface area contributed by atoms with Crippen LogP contribution in [-0.4, -0.2) is 35.9 Å². The third kappa shape index (κ3) is 4.88. The SMILES string of the molecule is CCOC(=O)c1ccc(Nc2nnc(-c3cc4ccc(N(CC)CC)cc4oc3=O)s2)cc1. The van der Waals surface area contributed by atoms with Crippen LogP contribution in [0.15, 0.2) is 57.7 Å².